The smallest absolute Gasteiger partial charge is 0.119 e. The topological polar surface area (TPSA) is 21.3 Å². The minimum absolute atomic E-state index is 0.781. The molecule has 2 nitrogen and oxygen atoms in total. The van der Waals surface area contributed by atoms with Crippen molar-refractivity contribution >= 4 is 0 Å². The highest BCUT2D eigenvalue weighted by atomic mass is 16.5. The third-order valence-corrected chi connectivity index (χ3v) is 3.45. The lowest BCUT2D eigenvalue weighted by Crippen LogP contribution is -2.22. The molecule has 1 aromatic rings. The maximum absolute atomic E-state index is 5.75. The number of nitrogens with one attached hydrogen (secondary N) is 1. The van der Waals surface area contributed by atoms with Crippen LogP contribution in [0.15, 0.2) is 18.2 Å². The van der Waals surface area contributed by atoms with Crippen molar-refractivity contribution in [2.75, 3.05) is 13.2 Å². The maximum Gasteiger partial charge on any atom is 0.119 e. The molecule has 0 bridgehead atoms. The minimum atomic E-state index is 0.781. The highest BCUT2D eigenvalue weighted by Crippen LogP contribution is 2.26. The average molecular weight is 217 g/mol. The molecule has 2 aliphatic rings. The second kappa shape index (κ2) is 4.46. The van der Waals surface area contributed by atoms with Crippen LogP contribution in [0.4, 0.5) is 0 Å². The van der Waals surface area contributed by atoms with E-state index in [9.17, 15) is 0 Å². The third kappa shape index (κ3) is 2.38. The summed E-state index contributed by atoms with van der Waals surface area (Å²) in [5, 5.41) is 3.45. The Bertz CT molecular complexity index is 371. The van der Waals surface area contributed by atoms with E-state index in [0.717, 1.165) is 24.9 Å². The first-order chi connectivity index (χ1) is 7.92. The first-order valence-corrected chi connectivity index (χ1v) is 6.40. The first-order valence-electron chi connectivity index (χ1n) is 6.40. The second-order valence-electron chi connectivity index (χ2n) is 4.86. The second-order valence-corrected chi connectivity index (χ2v) is 4.86. The predicted octanol–water partition coefficient (Wildman–Crippen LogP) is 2.31. The van der Waals surface area contributed by atoms with Gasteiger partial charge in [-0.15, -0.1) is 0 Å². The van der Waals surface area contributed by atoms with E-state index in [1.807, 2.05) is 0 Å². The molecule has 86 valence electrons. The Morgan fingerprint density at radius 1 is 1.19 bits per heavy atom. The van der Waals surface area contributed by atoms with Crippen molar-refractivity contribution in [1.29, 1.82) is 0 Å². The molecule has 0 aromatic heterocycles. The van der Waals surface area contributed by atoms with Gasteiger partial charge in [0.15, 0.2) is 0 Å². The van der Waals surface area contributed by atoms with Gasteiger partial charge in [0.25, 0.3) is 0 Å². The van der Waals surface area contributed by atoms with Gasteiger partial charge in [-0.05, 0) is 55.4 Å². The molecule has 0 amide bonds. The van der Waals surface area contributed by atoms with Gasteiger partial charge in [-0.3, -0.25) is 0 Å². The summed E-state index contributed by atoms with van der Waals surface area (Å²) in [4.78, 5) is 0. The van der Waals surface area contributed by atoms with Gasteiger partial charge < -0.3 is 10.1 Å². The minimum Gasteiger partial charge on any atom is -0.492 e. The highest BCUT2D eigenvalue weighted by molar-refractivity contribution is 5.38. The molecule has 16 heavy (non-hydrogen) atoms. The fourth-order valence-electron chi connectivity index (χ4n) is 2.36. The van der Waals surface area contributed by atoms with Crippen LogP contribution in [-0.2, 0) is 12.8 Å². The average Bonchev–Trinajstić information content (AvgIpc) is 3.01. The molecule has 0 atom stereocenters. The van der Waals surface area contributed by atoms with E-state index < -0.39 is 0 Å². The van der Waals surface area contributed by atoms with E-state index >= 15 is 0 Å². The van der Waals surface area contributed by atoms with Gasteiger partial charge in [-0.1, -0.05) is 6.07 Å². The van der Waals surface area contributed by atoms with Crippen LogP contribution in [0, 0.1) is 0 Å². The lowest BCUT2D eigenvalue weighted by atomic mass is 10.1. The van der Waals surface area contributed by atoms with Crippen molar-refractivity contribution in [3.8, 4) is 5.75 Å². The van der Waals surface area contributed by atoms with Crippen molar-refractivity contribution in [2.45, 2.75) is 38.1 Å². The number of rotatable bonds is 5. The normalized spacial score (nSPS) is 18.5. The molecular formula is C14H19NO. The van der Waals surface area contributed by atoms with Crippen LogP contribution in [0.1, 0.15) is 30.4 Å². The fraction of sp³-hybridized carbons (Fsp3) is 0.571. The van der Waals surface area contributed by atoms with Gasteiger partial charge in [0.05, 0.1) is 0 Å². The molecule has 1 aromatic carbocycles. The zero-order valence-corrected chi connectivity index (χ0v) is 9.67. The monoisotopic (exact) mass is 217 g/mol. The van der Waals surface area contributed by atoms with Crippen LogP contribution in [0.25, 0.3) is 0 Å². The van der Waals surface area contributed by atoms with Crippen molar-refractivity contribution in [2.24, 2.45) is 0 Å². The summed E-state index contributed by atoms with van der Waals surface area (Å²) in [6.45, 7) is 1.76. The molecule has 0 spiro atoms. The van der Waals surface area contributed by atoms with Crippen LogP contribution >= 0.6 is 0 Å². The van der Waals surface area contributed by atoms with Crippen molar-refractivity contribution < 1.29 is 4.74 Å². The number of hydrogen-bond donors (Lipinski definition) is 1. The summed E-state index contributed by atoms with van der Waals surface area (Å²) in [5.74, 6) is 1.04. The van der Waals surface area contributed by atoms with E-state index in [1.165, 1.54) is 43.2 Å². The van der Waals surface area contributed by atoms with E-state index in [-0.39, 0.29) is 0 Å². The molecule has 0 saturated heterocycles. The zero-order chi connectivity index (χ0) is 10.8. The SMILES string of the molecule is c1cc2c(cc1OCCNC1CC1)CCC2. The summed E-state index contributed by atoms with van der Waals surface area (Å²) < 4.78 is 5.75. The number of hydrogen-bond acceptors (Lipinski definition) is 2. The summed E-state index contributed by atoms with van der Waals surface area (Å²) in [6, 6.07) is 7.34. The molecule has 3 rings (SSSR count). The largest absolute Gasteiger partial charge is 0.492 e. The van der Waals surface area contributed by atoms with Crippen LogP contribution in [0.5, 0.6) is 5.75 Å². The third-order valence-electron chi connectivity index (χ3n) is 3.45. The lowest BCUT2D eigenvalue weighted by molar-refractivity contribution is 0.313. The summed E-state index contributed by atoms with van der Waals surface area (Å²) >= 11 is 0. The van der Waals surface area contributed by atoms with Gasteiger partial charge in [-0.2, -0.15) is 0 Å². The number of benzene rings is 1. The van der Waals surface area contributed by atoms with Crippen molar-refractivity contribution in [1.82, 2.24) is 5.32 Å². The van der Waals surface area contributed by atoms with Gasteiger partial charge in [0.1, 0.15) is 12.4 Å². The summed E-state index contributed by atoms with van der Waals surface area (Å²) in [7, 11) is 0. The fourth-order valence-corrected chi connectivity index (χ4v) is 2.36. The molecule has 1 N–H and O–H groups in total. The Morgan fingerprint density at radius 2 is 2.06 bits per heavy atom. The van der Waals surface area contributed by atoms with E-state index in [2.05, 4.69) is 23.5 Å². The molecule has 0 aliphatic heterocycles. The molecule has 0 unspecified atom stereocenters. The number of aryl methyl sites for hydroxylation is 2. The maximum atomic E-state index is 5.75. The molecule has 0 radical (unpaired) electrons. The van der Waals surface area contributed by atoms with Crippen LogP contribution in [0.3, 0.4) is 0 Å². The van der Waals surface area contributed by atoms with E-state index in [4.69, 9.17) is 4.74 Å². The van der Waals surface area contributed by atoms with Gasteiger partial charge in [-0.25, -0.2) is 0 Å². The molecule has 1 fully saturated rings. The number of fused-ring (bicyclic) bond motifs is 1. The quantitative estimate of drug-likeness (QED) is 0.764. The van der Waals surface area contributed by atoms with Gasteiger partial charge in [0.2, 0.25) is 0 Å². The van der Waals surface area contributed by atoms with Crippen molar-refractivity contribution in [3.05, 3.63) is 29.3 Å². The van der Waals surface area contributed by atoms with Gasteiger partial charge in [0, 0.05) is 12.6 Å². The Hall–Kier alpha value is -1.02. The molecule has 1 saturated carbocycles. The number of ether oxygens (including phenoxy) is 1. The summed E-state index contributed by atoms with van der Waals surface area (Å²) in [6.07, 6.45) is 6.48. The lowest BCUT2D eigenvalue weighted by Gasteiger charge is -2.08. The molecule has 0 heterocycles. The predicted molar refractivity (Wildman–Crippen MR) is 65.0 cm³/mol. The van der Waals surface area contributed by atoms with Gasteiger partial charge >= 0.3 is 0 Å². The zero-order valence-electron chi connectivity index (χ0n) is 9.67. The summed E-state index contributed by atoms with van der Waals surface area (Å²) in [5.41, 5.74) is 3.01. The Balaban J connectivity index is 1.49. The highest BCUT2D eigenvalue weighted by Gasteiger charge is 2.19. The van der Waals surface area contributed by atoms with Crippen LogP contribution in [0.2, 0.25) is 0 Å². The Morgan fingerprint density at radius 3 is 2.94 bits per heavy atom. The molecular weight excluding hydrogens is 198 g/mol. The standard InChI is InChI=1S/C14H19NO/c1-2-11-4-7-14(10-12(11)3-1)16-9-8-15-13-5-6-13/h4,7,10,13,15H,1-3,5-6,8-9H2. The van der Waals surface area contributed by atoms with Crippen molar-refractivity contribution in [3.63, 3.8) is 0 Å². The van der Waals surface area contributed by atoms with Crippen LogP contribution in [-0.4, -0.2) is 19.2 Å². The first kappa shape index (κ1) is 10.2. The molecule has 2 heteroatoms. The van der Waals surface area contributed by atoms with E-state index in [1.54, 1.807) is 0 Å². The van der Waals surface area contributed by atoms with Crippen LogP contribution < -0.4 is 10.1 Å². The van der Waals surface area contributed by atoms with E-state index in [0.29, 0.717) is 0 Å². The Kier molecular flexibility index (Phi) is 2.83. The molecule has 2 aliphatic carbocycles. The Labute approximate surface area is 97.0 Å².